The van der Waals surface area contributed by atoms with Crippen molar-refractivity contribution < 1.29 is 19.1 Å². The van der Waals surface area contributed by atoms with E-state index in [0.29, 0.717) is 6.54 Å². The molecule has 0 radical (unpaired) electrons. The topological polar surface area (TPSA) is 87.7 Å². The lowest BCUT2D eigenvalue weighted by Crippen LogP contribution is -2.53. The Morgan fingerprint density at radius 1 is 1.00 bits per heavy atom. The predicted octanol–water partition coefficient (Wildman–Crippen LogP) is 6.51. The zero-order chi connectivity index (χ0) is 28.3. The number of aryl methyl sites for hydroxylation is 2. The second-order valence-corrected chi connectivity index (χ2v) is 11.9. The molecular formula is C31H51N3O4. The number of nitrogens with zero attached hydrogens (tertiary/aromatic N) is 1. The maximum Gasteiger partial charge on any atom is 0.408 e. The van der Waals surface area contributed by atoms with Crippen LogP contribution in [-0.2, 0) is 14.3 Å². The van der Waals surface area contributed by atoms with Crippen LogP contribution in [0.5, 0.6) is 0 Å². The fourth-order valence-corrected chi connectivity index (χ4v) is 5.26. The van der Waals surface area contributed by atoms with E-state index < -0.39 is 23.8 Å². The molecule has 0 aromatic heterocycles. The number of hydrogen-bond acceptors (Lipinski definition) is 4. The second kappa shape index (κ2) is 15.1. The van der Waals surface area contributed by atoms with Crippen LogP contribution in [0, 0.1) is 13.8 Å². The molecule has 0 bridgehead atoms. The molecule has 7 nitrogen and oxygen atoms in total. The lowest BCUT2D eigenvalue weighted by molar-refractivity contribution is -0.142. The molecule has 1 aliphatic carbocycles. The molecule has 1 aromatic rings. The monoisotopic (exact) mass is 529 g/mol. The summed E-state index contributed by atoms with van der Waals surface area (Å²) in [6, 6.07) is 4.50. The van der Waals surface area contributed by atoms with Gasteiger partial charge < -0.3 is 20.3 Å². The first-order valence-corrected chi connectivity index (χ1v) is 14.6. The summed E-state index contributed by atoms with van der Waals surface area (Å²) < 4.78 is 5.39. The summed E-state index contributed by atoms with van der Waals surface area (Å²) in [6.07, 6.45) is 9.84. The number of hydrogen-bond donors (Lipinski definition) is 2. The summed E-state index contributed by atoms with van der Waals surface area (Å²) in [5, 5.41) is 5.98. The van der Waals surface area contributed by atoms with Gasteiger partial charge in [-0.2, -0.15) is 0 Å². The molecule has 214 valence electrons. The molecule has 1 saturated carbocycles. The number of carbonyl (C=O) groups excluding carboxylic acids is 3. The number of unbranched alkanes of at least 4 members (excludes halogenated alkanes) is 4. The zero-order valence-corrected chi connectivity index (χ0v) is 24.8. The van der Waals surface area contributed by atoms with Gasteiger partial charge in [0.25, 0.3) is 0 Å². The second-order valence-electron chi connectivity index (χ2n) is 11.9. The van der Waals surface area contributed by atoms with Gasteiger partial charge in [0.05, 0.1) is 0 Å². The molecule has 0 aliphatic heterocycles. The van der Waals surface area contributed by atoms with Crippen LogP contribution >= 0.6 is 0 Å². The Labute approximate surface area is 230 Å². The molecular weight excluding hydrogens is 478 g/mol. The van der Waals surface area contributed by atoms with Crippen LogP contribution in [0.1, 0.15) is 122 Å². The Bertz CT molecular complexity index is 898. The van der Waals surface area contributed by atoms with E-state index in [1.54, 1.807) is 32.6 Å². The van der Waals surface area contributed by atoms with Crippen LogP contribution in [0.3, 0.4) is 0 Å². The average molecular weight is 530 g/mol. The van der Waals surface area contributed by atoms with Crippen molar-refractivity contribution in [3.8, 4) is 0 Å². The average Bonchev–Trinajstić information content (AvgIpc) is 2.83. The van der Waals surface area contributed by atoms with Crippen molar-refractivity contribution in [1.29, 1.82) is 0 Å². The quantitative estimate of drug-likeness (QED) is 0.302. The number of amides is 3. The smallest absolute Gasteiger partial charge is 0.408 e. The van der Waals surface area contributed by atoms with Gasteiger partial charge in [0.2, 0.25) is 11.8 Å². The highest BCUT2D eigenvalue weighted by atomic mass is 16.6. The molecule has 1 fully saturated rings. The van der Waals surface area contributed by atoms with Crippen molar-refractivity contribution in [3.05, 3.63) is 34.9 Å². The van der Waals surface area contributed by atoms with Crippen molar-refractivity contribution in [3.63, 3.8) is 0 Å². The Hall–Kier alpha value is -2.57. The van der Waals surface area contributed by atoms with E-state index in [2.05, 4.69) is 17.6 Å². The van der Waals surface area contributed by atoms with Crippen LogP contribution in [0.25, 0.3) is 0 Å². The van der Waals surface area contributed by atoms with Gasteiger partial charge >= 0.3 is 6.09 Å². The first kappa shape index (κ1) is 31.6. The highest BCUT2D eigenvalue weighted by Crippen LogP contribution is 2.30. The summed E-state index contributed by atoms with van der Waals surface area (Å²) in [5.41, 5.74) is 2.15. The fraction of sp³-hybridized carbons (Fsp3) is 0.710. The molecule has 0 heterocycles. The summed E-state index contributed by atoms with van der Waals surface area (Å²) in [5.74, 6) is -0.418. The molecule has 3 amide bonds. The molecule has 2 atom stereocenters. The van der Waals surface area contributed by atoms with E-state index in [0.717, 1.165) is 74.5 Å². The first-order valence-electron chi connectivity index (χ1n) is 14.6. The molecule has 1 aromatic carbocycles. The van der Waals surface area contributed by atoms with E-state index in [4.69, 9.17) is 4.74 Å². The van der Waals surface area contributed by atoms with Crippen molar-refractivity contribution in [1.82, 2.24) is 15.5 Å². The van der Waals surface area contributed by atoms with Gasteiger partial charge in [0.1, 0.15) is 17.7 Å². The standard InChI is InChI=1S/C31H51N3O4/c1-8-9-10-11-15-21-34(29(36)24(4)32-30(37)38-31(5,6)7)27(26-22(2)17-16-18-23(26)3)28(35)33-25-19-13-12-14-20-25/h16-18,24-25,27H,8-15,19-21H2,1-7H3,(H,32,37)(H,33,35). The molecule has 7 heteroatoms. The van der Waals surface area contributed by atoms with Crippen molar-refractivity contribution in [2.75, 3.05) is 6.54 Å². The highest BCUT2D eigenvalue weighted by molar-refractivity contribution is 5.92. The number of benzene rings is 1. The van der Waals surface area contributed by atoms with Crippen LogP contribution in [0.2, 0.25) is 0 Å². The van der Waals surface area contributed by atoms with E-state index >= 15 is 0 Å². The van der Waals surface area contributed by atoms with Crippen molar-refractivity contribution in [2.45, 2.75) is 136 Å². The Balaban J connectivity index is 2.40. The molecule has 0 spiro atoms. The van der Waals surface area contributed by atoms with Crippen LogP contribution in [-0.4, -0.2) is 47.0 Å². The number of alkyl carbamates (subject to hydrolysis) is 1. The minimum absolute atomic E-state index is 0.127. The first-order chi connectivity index (χ1) is 17.9. The van der Waals surface area contributed by atoms with E-state index in [-0.39, 0.29) is 17.9 Å². The SMILES string of the molecule is CCCCCCCN(C(=O)C(C)NC(=O)OC(C)(C)C)C(C(=O)NC1CCCCC1)c1c(C)cccc1C. The predicted molar refractivity (Wildman–Crippen MR) is 153 cm³/mol. The zero-order valence-electron chi connectivity index (χ0n) is 24.8. The Morgan fingerprint density at radius 3 is 2.18 bits per heavy atom. The van der Waals surface area contributed by atoms with Crippen LogP contribution in [0.4, 0.5) is 4.79 Å². The third kappa shape index (κ3) is 9.95. The summed E-state index contributed by atoms with van der Waals surface area (Å²) in [6.45, 7) is 13.6. The Kier molecular flexibility index (Phi) is 12.6. The molecule has 0 saturated heterocycles. The van der Waals surface area contributed by atoms with E-state index in [9.17, 15) is 14.4 Å². The summed E-state index contributed by atoms with van der Waals surface area (Å²) in [4.78, 5) is 42.2. The lowest BCUT2D eigenvalue weighted by Gasteiger charge is -2.36. The van der Waals surface area contributed by atoms with Crippen molar-refractivity contribution in [2.24, 2.45) is 0 Å². The molecule has 38 heavy (non-hydrogen) atoms. The summed E-state index contributed by atoms with van der Waals surface area (Å²) >= 11 is 0. The maximum absolute atomic E-state index is 14.0. The Morgan fingerprint density at radius 2 is 1.61 bits per heavy atom. The van der Waals surface area contributed by atoms with Gasteiger partial charge in [0, 0.05) is 12.6 Å². The highest BCUT2D eigenvalue weighted by Gasteiger charge is 2.36. The van der Waals surface area contributed by atoms with E-state index in [1.165, 1.54) is 6.42 Å². The molecule has 1 aliphatic rings. The van der Waals surface area contributed by atoms with Gasteiger partial charge in [-0.15, -0.1) is 0 Å². The lowest BCUT2D eigenvalue weighted by atomic mass is 9.91. The third-order valence-electron chi connectivity index (χ3n) is 7.22. The molecule has 2 rings (SSSR count). The van der Waals surface area contributed by atoms with Gasteiger partial charge in [0.15, 0.2) is 0 Å². The number of nitrogens with one attached hydrogen (secondary N) is 2. The van der Waals surface area contributed by atoms with Crippen LogP contribution < -0.4 is 10.6 Å². The summed E-state index contributed by atoms with van der Waals surface area (Å²) in [7, 11) is 0. The number of carbonyl (C=O) groups is 3. The van der Waals surface area contributed by atoms with Gasteiger partial charge in [-0.05, 0) is 77.5 Å². The van der Waals surface area contributed by atoms with Gasteiger partial charge in [-0.3, -0.25) is 9.59 Å². The normalized spacial score (nSPS) is 15.9. The van der Waals surface area contributed by atoms with Crippen LogP contribution in [0.15, 0.2) is 18.2 Å². The minimum atomic E-state index is -0.838. The maximum atomic E-state index is 14.0. The third-order valence-corrected chi connectivity index (χ3v) is 7.22. The number of ether oxygens (including phenoxy) is 1. The minimum Gasteiger partial charge on any atom is -0.444 e. The van der Waals surface area contributed by atoms with Gasteiger partial charge in [-0.25, -0.2) is 4.79 Å². The van der Waals surface area contributed by atoms with Crippen molar-refractivity contribution >= 4 is 17.9 Å². The molecule has 2 unspecified atom stereocenters. The fourth-order valence-electron chi connectivity index (χ4n) is 5.26. The van der Waals surface area contributed by atoms with E-state index in [1.807, 2.05) is 32.0 Å². The number of rotatable bonds is 12. The largest absolute Gasteiger partial charge is 0.444 e. The molecule has 2 N–H and O–H groups in total. The van der Waals surface area contributed by atoms with Gasteiger partial charge in [-0.1, -0.05) is 70.1 Å².